The van der Waals surface area contributed by atoms with E-state index in [0.717, 1.165) is 18.4 Å². The lowest BCUT2D eigenvalue weighted by atomic mass is 9.96. The van der Waals surface area contributed by atoms with Gasteiger partial charge in [0, 0.05) is 0 Å². The molecule has 0 aromatic heterocycles. The standard InChI is InChI=1S/C15H24O3/c1-2-3-4-5-6-7-13(16)10-12-8-9-14(17)15(18)11-12/h8-9,11,13,15-16,18H,2-7,10H2,1H3. The first-order valence-corrected chi connectivity index (χ1v) is 6.92. The zero-order valence-corrected chi connectivity index (χ0v) is 11.1. The maximum Gasteiger partial charge on any atom is 0.188 e. The highest BCUT2D eigenvalue weighted by molar-refractivity contribution is 5.96. The molecule has 0 radical (unpaired) electrons. The molecule has 102 valence electrons. The largest absolute Gasteiger partial charge is 0.393 e. The van der Waals surface area contributed by atoms with E-state index < -0.39 is 6.10 Å². The minimum atomic E-state index is -1.03. The van der Waals surface area contributed by atoms with Crippen LogP contribution in [-0.4, -0.2) is 28.2 Å². The van der Waals surface area contributed by atoms with Gasteiger partial charge in [0.2, 0.25) is 0 Å². The van der Waals surface area contributed by atoms with Crippen LogP contribution in [0.5, 0.6) is 0 Å². The average Bonchev–Trinajstić information content (AvgIpc) is 2.34. The van der Waals surface area contributed by atoms with Crippen LogP contribution in [0.4, 0.5) is 0 Å². The Morgan fingerprint density at radius 2 is 1.94 bits per heavy atom. The summed E-state index contributed by atoms with van der Waals surface area (Å²) < 4.78 is 0. The Hall–Kier alpha value is -0.930. The van der Waals surface area contributed by atoms with Crippen LogP contribution in [0.15, 0.2) is 23.8 Å². The molecule has 1 aliphatic rings. The second-order valence-electron chi connectivity index (χ2n) is 4.98. The number of carbonyl (C=O) groups is 1. The Bertz CT molecular complexity index is 318. The summed E-state index contributed by atoms with van der Waals surface area (Å²) in [4.78, 5) is 11.1. The summed E-state index contributed by atoms with van der Waals surface area (Å²) >= 11 is 0. The number of rotatable bonds is 8. The summed E-state index contributed by atoms with van der Waals surface area (Å²) in [5.41, 5.74) is 0.850. The Balaban J connectivity index is 2.20. The SMILES string of the molecule is CCCCCCCC(O)CC1=CC(O)C(=O)C=C1. The number of allylic oxidation sites excluding steroid dienone is 1. The van der Waals surface area contributed by atoms with Crippen molar-refractivity contribution in [2.75, 3.05) is 0 Å². The van der Waals surface area contributed by atoms with Gasteiger partial charge >= 0.3 is 0 Å². The van der Waals surface area contributed by atoms with Gasteiger partial charge in [0.1, 0.15) is 6.10 Å². The van der Waals surface area contributed by atoms with Crippen LogP contribution < -0.4 is 0 Å². The first-order valence-electron chi connectivity index (χ1n) is 6.92. The van der Waals surface area contributed by atoms with Crippen molar-refractivity contribution in [3.63, 3.8) is 0 Å². The van der Waals surface area contributed by atoms with Gasteiger partial charge in [-0.3, -0.25) is 4.79 Å². The highest BCUT2D eigenvalue weighted by Crippen LogP contribution is 2.17. The van der Waals surface area contributed by atoms with Crippen LogP contribution in [0.1, 0.15) is 51.9 Å². The van der Waals surface area contributed by atoms with Crippen molar-refractivity contribution in [2.24, 2.45) is 0 Å². The first-order chi connectivity index (χ1) is 8.63. The van der Waals surface area contributed by atoms with E-state index in [4.69, 9.17) is 0 Å². The summed E-state index contributed by atoms with van der Waals surface area (Å²) in [6.07, 6.45) is 10.5. The van der Waals surface area contributed by atoms with Crippen LogP contribution in [0.2, 0.25) is 0 Å². The van der Waals surface area contributed by atoms with E-state index in [1.807, 2.05) is 0 Å². The maximum atomic E-state index is 11.1. The van der Waals surface area contributed by atoms with Gasteiger partial charge in [0.25, 0.3) is 0 Å². The lowest BCUT2D eigenvalue weighted by molar-refractivity contribution is -0.120. The summed E-state index contributed by atoms with van der Waals surface area (Å²) in [6, 6.07) is 0. The second kappa shape index (κ2) is 8.22. The van der Waals surface area contributed by atoms with Gasteiger partial charge < -0.3 is 10.2 Å². The van der Waals surface area contributed by atoms with Crippen LogP contribution in [0.3, 0.4) is 0 Å². The van der Waals surface area contributed by atoms with E-state index in [2.05, 4.69) is 6.92 Å². The van der Waals surface area contributed by atoms with E-state index in [1.54, 1.807) is 6.08 Å². The number of ketones is 1. The fraction of sp³-hybridized carbons (Fsp3) is 0.667. The maximum absolute atomic E-state index is 11.1. The number of aliphatic hydroxyl groups excluding tert-OH is 2. The minimum absolute atomic E-state index is 0.284. The summed E-state index contributed by atoms with van der Waals surface area (Å²) in [5.74, 6) is -0.284. The van der Waals surface area contributed by atoms with Gasteiger partial charge in [0.15, 0.2) is 5.78 Å². The topological polar surface area (TPSA) is 57.5 Å². The van der Waals surface area contributed by atoms with Gasteiger partial charge in [-0.1, -0.05) is 45.1 Å². The molecule has 0 aromatic rings. The van der Waals surface area contributed by atoms with Crippen molar-refractivity contribution in [1.82, 2.24) is 0 Å². The van der Waals surface area contributed by atoms with Gasteiger partial charge in [-0.15, -0.1) is 0 Å². The highest BCUT2D eigenvalue weighted by atomic mass is 16.3. The van der Waals surface area contributed by atoms with Crippen molar-refractivity contribution < 1.29 is 15.0 Å². The minimum Gasteiger partial charge on any atom is -0.393 e. The predicted molar refractivity (Wildman–Crippen MR) is 72.2 cm³/mol. The van der Waals surface area contributed by atoms with Crippen LogP contribution in [0.25, 0.3) is 0 Å². The van der Waals surface area contributed by atoms with Crippen molar-refractivity contribution >= 4 is 5.78 Å². The fourth-order valence-corrected chi connectivity index (χ4v) is 2.12. The molecule has 2 unspecified atom stereocenters. The second-order valence-corrected chi connectivity index (χ2v) is 4.98. The molecule has 3 heteroatoms. The molecule has 0 aliphatic heterocycles. The Morgan fingerprint density at radius 3 is 2.61 bits per heavy atom. The summed E-state index contributed by atoms with van der Waals surface area (Å²) in [6.45, 7) is 2.18. The smallest absolute Gasteiger partial charge is 0.188 e. The molecule has 0 fully saturated rings. The van der Waals surface area contributed by atoms with E-state index in [0.29, 0.717) is 6.42 Å². The molecule has 1 aliphatic carbocycles. The van der Waals surface area contributed by atoms with E-state index in [9.17, 15) is 15.0 Å². The molecule has 0 amide bonds. The van der Waals surface area contributed by atoms with Crippen molar-refractivity contribution in [3.05, 3.63) is 23.8 Å². The molecule has 1 rings (SSSR count). The van der Waals surface area contributed by atoms with Gasteiger partial charge in [-0.05, 0) is 30.6 Å². The van der Waals surface area contributed by atoms with Gasteiger partial charge in [-0.25, -0.2) is 0 Å². The van der Waals surface area contributed by atoms with Crippen molar-refractivity contribution in [3.8, 4) is 0 Å². The third-order valence-corrected chi connectivity index (χ3v) is 3.24. The third-order valence-electron chi connectivity index (χ3n) is 3.24. The zero-order valence-electron chi connectivity index (χ0n) is 11.1. The van der Waals surface area contributed by atoms with Crippen molar-refractivity contribution in [1.29, 1.82) is 0 Å². The lowest BCUT2D eigenvalue weighted by Crippen LogP contribution is -2.19. The van der Waals surface area contributed by atoms with Crippen LogP contribution in [0, 0.1) is 0 Å². The first kappa shape index (κ1) is 15.1. The van der Waals surface area contributed by atoms with Gasteiger partial charge in [-0.2, -0.15) is 0 Å². The van der Waals surface area contributed by atoms with Gasteiger partial charge in [0.05, 0.1) is 6.10 Å². The van der Waals surface area contributed by atoms with E-state index >= 15 is 0 Å². The number of hydrogen-bond donors (Lipinski definition) is 2. The third kappa shape index (κ3) is 5.61. The Labute approximate surface area is 109 Å². The molecule has 0 saturated heterocycles. The number of carbonyl (C=O) groups excluding carboxylic acids is 1. The molecular formula is C15H24O3. The fourth-order valence-electron chi connectivity index (χ4n) is 2.12. The molecule has 3 nitrogen and oxygen atoms in total. The molecule has 2 N–H and O–H groups in total. The molecule has 0 spiro atoms. The Morgan fingerprint density at radius 1 is 1.22 bits per heavy atom. The van der Waals surface area contributed by atoms with Crippen LogP contribution in [-0.2, 0) is 4.79 Å². The lowest BCUT2D eigenvalue weighted by Gasteiger charge is -2.14. The van der Waals surface area contributed by atoms with E-state index in [-0.39, 0.29) is 11.9 Å². The highest BCUT2D eigenvalue weighted by Gasteiger charge is 2.16. The zero-order chi connectivity index (χ0) is 13.4. The summed E-state index contributed by atoms with van der Waals surface area (Å²) in [5, 5.41) is 19.2. The molecular weight excluding hydrogens is 228 g/mol. The quantitative estimate of drug-likeness (QED) is 0.653. The van der Waals surface area contributed by atoms with E-state index in [1.165, 1.54) is 37.8 Å². The van der Waals surface area contributed by atoms with Crippen molar-refractivity contribution in [2.45, 2.75) is 64.1 Å². The molecule has 0 aromatic carbocycles. The number of aliphatic hydroxyl groups is 2. The normalized spacial score (nSPS) is 20.9. The molecule has 0 heterocycles. The number of hydrogen-bond acceptors (Lipinski definition) is 3. The summed E-state index contributed by atoms with van der Waals surface area (Å²) in [7, 11) is 0. The monoisotopic (exact) mass is 252 g/mol. The average molecular weight is 252 g/mol. The van der Waals surface area contributed by atoms with Crippen LogP contribution >= 0.6 is 0 Å². The molecule has 0 bridgehead atoms. The molecule has 2 atom stereocenters. The predicted octanol–water partition coefficient (Wildman–Crippen LogP) is 2.52. The molecule has 18 heavy (non-hydrogen) atoms. The number of unbranched alkanes of at least 4 members (excludes halogenated alkanes) is 4. The Kier molecular flexibility index (Phi) is 6.91. The molecule has 0 saturated carbocycles.